The fraction of sp³-hybridized carbons (Fsp3) is 1.00. The van der Waals surface area contributed by atoms with E-state index in [1.165, 1.54) is 0 Å². The molecule has 2 bridgehead atoms. The molecule has 2 rings (SSSR count). The quantitative estimate of drug-likeness (QED) is 0.388. The molecule has 2 saturated carbocycles. The van der Waals surface area contributed by atoms with Crippen molar-refractivity contribution in [1.29, 1.82) is 0 Å². The Balaban J connectivity index is 2.80. The third-order valence-electron chi connectivity index (χ3n) is 4.57. The number of halogens is 10. The lowest BCUT2D eigenvalue weighted by Crippen LogP contribution is -2.54. The molecule has 0 aliphatic heterocycles. The Labute approximate surface area is 167 Å². The maximum Gasteiger partial charge on any atom is 0.143 e. The molecule has 118 valence electrons. The first kappa shape index (κ1) is 19.2. The molecule has 0 aromatic rings. The lowest BCUT2D eigenvalue weighted by molar-refractivity contribution is 0.134. The molecule has 2 aliphatic rings. The summed E-state index contributed by atoms with van der Waals surface area (Å²) < 4.78 is -2.80. The fourth-order valence-corrected chi connectivity index (χ4v) is 9.12. The van der Waals surface area contributed by atoms with Crippen LogP contribution in [0.2, 0.25) is 0 Å². The highest BCUT2D eigenvalue weighted by Gasteiger charge is 2.87. The van der Waals surface area contributed by atoms with Crippen LogP contribution in [-0.4, -0.2) is 29.6 Å². The second-order valence-corrected chi connectivity index (χ2v) is 11.0. The van der Waals surface area contributed by atoms with Crippen molar-refractivity contribution in [3.05, 3.63) is 0 Å². The second kappa shape index (κ2) is 5.72. The van der Waals surface area contributed by atoms with Crippen molar-refractivity contribution in [1.82, 2.24) is 0 Å². The highest BCUT2D eigenvalue weighted by atomic mass is 35.5. The smallest absolute Gasteiger partial charge is 0.126 e. The Morgan fingerprint density at radius 3 is 1.75 bits per heavy atom. The van der Waals surface area contributed by atoms with Gasteiger partial charge >= 0.3 is 0 Å². The summed E-state index contributed by atoms with van der Waals surface area (Å²) in [7, 11) is 0. The molecule has 0 unspecified atom stereocenters. The zero-order valence-electron chi connectivity index (χ0n) is 9.50. The van der Waals surface area contributed by atoms with Crippen LogP contribution in [0.15, 0.2) is 0 Å². The fourth-order valence-electron chi connectivity index (χ4n) is 3.68. The van der Waals surface area contributed by atoms with Crippen LogP contribution in [0.1, 0.15) is 6.42 Å². The lowest BCUT2D eigenvalue weighted by atomic mass is 9.69. The summed E-state index contributed by atoms with van der Waals surface area (Å²) in [4.78, 5) is -2.05. The average molecular weight is 483 g/mol. The second-order valence-electron chi connectivity index (χ2n) is 5.19. The molecule has 0 heterocycles. The van der Waals surface area contributed by atoms with Crippen LogP contribution in [0.25, 0.3) is 0 Å². The van der Waals surface area contributed by atoms with E-state index in [1.54, 1.807) is 0 Å². The van der Waals surface area contributed by atoms with Crippen LogP contribution in [0.5, 0.6) is 0 Å². The summed E-state index contributed by atoms with van der Waals surface area (Å²) in [6.07, 6.45) is 0.0876. The zero-order chi connectivity index (χ0) is 15.7. The maximum absolute atomic E-state index is 6.47. The molecular formula is C10H8Cl10. The monoisotopic (exact) mass is 478 g/mol. The van der Waals surface area contributed by atoms with Crippen molar-refractivity contribution >= 4 is 116 Å². The number of hydrogen-bond acceptors (Lipinski definition) is 0. The minimum atomic E-state index is -1.52. The molecule has 0 aromatic heterocycles. The largest absolute Gasteiger partial charge is 0.143 e. The standard InChI is InChI=1S/C10H8Cl10/c11-2-7(5(13)14)3-4(12)10(19,20)8(7,6(15)16)1-9(3,17)18/h3-6H,1-2H2/t3-,4-,7-,8+/m1/s1. The number of rotatable bonds is 3. The van der Waals surface area contributed by atoms with Gasteiger partial charge in [0, 0.05) is 22.6 Å². The van der Waals surface area contributed by atoms with Gasteiger partial charge in [0.25, 0.3) is 0 Å². The summed E-state index contributed by atoms with van der Waals surface area (Å²) in [6, 6.07) is 0. The van der Waals surface area contributed by atoms with Gasteiger partial charge < -0.3 is 0 Å². The predicted molar refractivity (Wildman–Crippen MR) is 93.2 cm³/mol. The number of hydrogen-bond donors (Lipinski definition) is 0. The molecular weight excluding hydrogens is 475 g/mol. The lowest BCUT2D eigenvalue weighted by Gasteiger charge is -2.48. The topological polar surface area (TPSA) is 0 Å². The molecule has 4 atom stereocenters. The first-order chi connectivity index (χ1) is 8.93. The third kappa shape index (κ3) is 2.03. The summed E-state index contributed by atoms with van der Waals surface area (Å²) in [5.74, 6) is -0.691. The molecule has 2 fully saturated rings. The Bertz CT molecular complexity index is 407. The van der Waals surface area contributed by atoms with E-state index in [-0.39, 0.29) is 12.3 Å². The molecule has 2 aliphatic carbocycles. The van der Waals surface area contributed by atoms with Gasteiger partial charge in [0.15, 0.2) is 0 Å². The highest BCUT2D eigenvalue weighted by Crippen LogP contribution is 2.83. The summed E-state index contributed by atoms with van der Waals surface area (Å²) in [5.41, 5.74) is -2.34. The Hall–Kier alpha value is 2.90. The van der Waals surface area contributed by atoms with Crippen LogP contribution >= 0.6 is 116 Å². The van der Waals surface area contributed by atoms with E-state index in [4.69, 9.17) is 116 Å². The van der Waals surface area contributed by atoms with Gasteiger partial charge in [-0.3, -0.25) is 0 Å². The molecule has 0 amide bonds. The third-order valence-corrected chi connectivity index (χ3v) is 9.22. The first-order valence-corrected chi connectivity index (χ1v) is 9.68. The SMILES string of the molecule is ClC[C@]1(C(Cl)Cl)[C@H]2[C@@H](Cl)C(Cl)(Cl)[C@]1(C(Cl)Cl)CC2(Cl)Cl. The molecule has 0 spiro atoms. The summed E-state index contributed by atoms with van der Waals surface area (Å²) in [5, 5.41) is -0.853. The number of fused-ring (bicyclic) bond motifs is 2. The molecule has 0 nitrogen and oxygen atoms in total. The Morgan fingerprint density at radius 1 is 0.950 bits per heavy atom. The van der Waals surface area contributed by atoms with Crippen molar-refractivity contribution in [2.75, 3.05) is 5.88 Å². The van der Waals surface area contributed by atoms with E-state index in [0.717, 1.165) is 0 Å². The highest BCUT2D eigenvalue weighted by molar-refractivity contribution is 6.58. The van der Waals surface area contributed by atoms with Gasteiger partial charge in [-0.15, -0.1) is 92.8 Å². The van der Waals surface area contributed by atoms with Gasteiger partial charge in [-0.1, -0.05) is 23.2 Å². The molecule has 20 heavy (non-hydrogen) atoms. The Morgan fingerprint density at radius 2 is 1.45 bits per heavy atom. The average Bonchev–Trinajstić information content (AvgIpc) is 2.61. The zero-order valence-corrected chi connectivity index (χ0v) is 17.1. The van der Waals surface area contributed by atoms with Crippen LogP contribution in [0.4, 0.5) is 0 Å². The van der Waals surface area contributed by atoms with E-state index in [0.29, 0.717) is 0 Å². The van der Waals surface area contributed by atoms with Crippen molar-refractivity contribution in [3.8, 4) is 0 Å². The molecule has 0 N–H and O–H groups in total. The van der Waals surface area contributed by atoms with E-state index >= 15 is 0 Å². The van der Waals surface area contributed by atoms with Crippen LogP contribution in [0.3, 0.4) is 0 Å². The van der Waals surface area contributed by atoms with Gasteiger partial charge in [0.1, 0.15) is 18.3 Å². The summed E-state index contributed by atoms with van der Waals surface area (Å²) in [6.45, 7) is 0. The van der Waals surface area contributed by atoms with Gasteiger partial charge in [0.05, 0.1) is 5.38 Å². The van der Waals surface area contributed by atoms with E-state index in [2.05, 4.69) is 0 Å². The Kier molecular flexibility index (Phi) is 5.50. The van der Waals surface area contributed by atoms with Gasteiger partial charge in [-0.05, 0) is 6.42 Å². The number of alkyl halides is 10. The van der Waals surface area contributed by atoms with Crippen molar-refractivity contribution < 1.29 is 0 Å². The maximum atomic E-state index is 6.47. The minimum Gasteiger partial charge on any atom is -0.126 e. The van der Waals surface area contributed by atoms with Crippen molar-refractivity contribution in [3.63, 3.8) is 0 Å². The molecule has 0 saturated heterocycles. The van der Waals surface area contributed by atoms with Crippen LogP contribution < -0.4 is 0 Å². The predicted octanol–water partition coefficient (Wildman–Crippen LogP) is 6.79. The first-order valence-electron chi connectivity index (χ1n) is 5.45. The van der Waals surface area contributed by atoms with Gasteiger partial charge in [-0.25, -0.2) is 0 Å². The van der Waals surface area contributed by atoms with Crippen molar-refractivity contribution in [2.24, 2.45) is 16.7 Å². The molecule has 0 aromatic carbocycles. The van der Waals surface area contributed by atoms with Crippen molar-refractivity contribution in [2.45, 2.75) is 30.1 Å². The van der Waals surface area contributed by atoms with E-state index < -0.39 is 40.5 Å². The van der Waals surface area contributed by atoms with Crippen LogP contribution in [-0.2, 0) is 0 Å². The normalized spacial score (nSPS) is 45.6. The molecule has 10 heteroatoms. The van der Waals surface area contributed by atoms with E-state index in [1.807, 2.05) is 0 Å². The summed E-state index contributed by atoms with van der Waals surface area (Å²) >= 11 is 63.1. The van der Waals surface area contributed by atoms with Gasteiger partial charge in [-0.2, -0.15) is 0 Å². The van der Waals surface area contributed by atoms with Gasteiger partial charge in [0.2, 0.25) is 0 Å². The molecule has 0 radical (unpaired) electrons. The van der Waals surface area contributed by atoms with Crippen LogP contribution in [0, 0.1) is 16.7 Å². The minimum absolute atomic E-state index is 0.0309. The van der Waals surface area contributed by atoms with E-state index in [9.17, 15) is 0 Å².